The Hall–Kier alpha value is -3.09. The van der Waals surface area contributed by atoms with Gasteiger partial charge in [-0.25, -0.2) is 0 Å². The molecule has 132 valence electrons. The van der Waals surface area contributed by atoms with Gasteiger partial charge in [-0.05, 0) is 34.9 Å². The van der Waals surface area contributed by atoms with Gasteiger partial charge in [-0.1, -0.05) is 52.3 Å². The topological polar surface area (TPSA) is 93.9 Å². The number of fused-ring (bicyclic) bond motifs is 3. The van der Waals surface area contributed by atoms with Crippen LogP contribution < -0.4 is 5.73 Å². The number of rotatable bonds is 2. The van der Waals surface area contributed by atoms with Gasteiger partial charge >= 0.3 is 0 Å². The fourth-order valence-electron chi connectivity index (χ4n) is 4.36. The summed E-state index contributed by atoms with van der Waals surface area (Å²) in [6.07, 6.45) is 3.68. The molecule has 2 heterocycles. The first-order valence-electron chi connectivity index (χ1n) is 8.45. The van der Waals surface area contributed by atoms with Crippen molar-refractivity contribution in [2.45, 2.75) is 18.0 Å². The molecule has 0 saturated carbocycles. The maximum Gasteiger partial charge on any atom is 0.240 e. The third kappa shape index (κ3) is 2.38. The molecule has 1 fully saturated rings. The molecule has 2 aliphatic heterocycles. The summed E-state index contributed by atoms with van der Waals surface area (Å²) in [6, 6.07) is 18.1. The van der Waals surface area contributed by atoms with Gasteiger partial charge in [-0.2, -0.15) is 10.5 Å². The van der Waals surface area contributed by atoms with Gasteiger partial charge < -0.3 is 10.6 Å². The Kier molecular flexibility index (Phi) is 4.02. The number of amides is 1. The van der Waals surface area contributed by atoms with Gasteiger partial charge in [0.2, 0.25) is 5.91 Å². The van der Waals surface area contributed by atoms with Crippen LogP contribution in [-0.4, -0.2) is 16.8 Å². The highest BCUT2D eigenvalue weighted by molar-refractivity contribution is 9.10. The lowest BCUT2D eigenvalue weighted by atomic mass is 9.68. The van der Waals surface area contributed by atoms with Crippen molar-refractivity contribution in [2.24, 2.45) is 11.1 Å². The summed E-state index contributed by atoms with van der Waals surface area (Å²) in [4.78, 5) is 14.2. The molecule has 0 unspecified atom stereocenters. The molecule has 2 N–H and O–H groups in total. The second kappa shape index (κ2) is 6.26. The Morgan fingerprint density at radius 3 is 2.41 bits per heavy atom. The predicted molar refractivity (Wildman–Crippen MR) is 104 cm³/mol. The van der Waals surface area contributed by atoms with E-state index in [1.54, 1.807) is 11.1 Å². The van der Waals surface area contributed by atoms with Crippen LogP contribution in [-0.2, 0) is 4.79 Å². The van der Waals surface area contributed by atoms with Crippen LogP contribution in [0, 0.1) is 28.1 Å². The van der Waals surface area contributed by atoms with Crippen LogP contribution in [0.1, 0.15) is 28.7 Å². The van der Waals surface area contributed by atoms with E-state index in [0.717, 1.165) is 21.2 Å². The first kappa shape index (κ1) is 17.3. The van der Waals surface area contributed by atoms with Gasteiger partial charge in [0, 0.05) is 16.6 Å². The minimum Gasteiger partial charge on any atom is -0.368 e. The standard InChI is InChI=1S/C21H15BrN4O/c22-15-7-5-14(6-8-15)17-18(20(25)27)26-10-9-13-3-1-2-4-16(13)19(26)21(17,11-23)12-24/h1-10,17-19H,(H2,25,27)/t17-,18-,19+/m1/s1. The minimum absolute atomic E-state index is 0.552. The number of nitriles is 2. The lowest BCUT2D eigenvalue weighted by molar-refractivity contribution is -0.122. The van der Waals surface area contributed by atoms with Gasteiger partial charge in [0.05, 0.1) is 18.2 Å². The van der Waals surface area contributed by atoms with Crippen molar-refractivity contribution >= 4 is 27.9 Å². The molecule has 2 aliphatic rings. The van der Waals surface area contributed by atoms with E-state index in [1.807, 2.05) is 54.6 Å². The quantitative estimate of drug-likeness (QED) is 0.807. The van der Waals surface area contributed by atoms with Crippen molar-refractivity contribution in [1.82, 2.24) is 4.90 Å². The minimum atomic E-state index is -1.45. The monoisotopic (exact) mass is 418 g/mol. The molecule has 0 bridgehead atoms. The molecule has 0 radical (unpaired) electrons. The molecule has 1 amide bonds. The molecular weight excluding hydrogens is 404 g/mol. The van der Waals surface area contributed by atoms with E-state index in [-0.39, 0.29) is 0 Å². The number of hydrogen-bond acceptors (Lipinski definition) is 4. The van der Waals surface area contributed by atoms with E-state index in [2.05, 4.69) is 28.1 Å². The Morgan fingerprint density at radius 2 is 1.78 bits per heavy atom. The second-order valence-corrected chi connectivity index (χ2v) is 7.68. The smallest absolute Gasteiger partial charge is 0.240 e. The first-order valence-corrected chi connectivity index (χ1v) is 9.24. The average Bonchev–Trinajstić information content (AvgIpc) is 3.00. The Morgan fingerprint density at radius 1 is 1.11 bits per heavy atom. The van der Waals surface area contributed by atoms with E-state index in [0.29, 0.717) is 0 Å². The van der Waals surface area contributed by atoms with Crippen molar-refractivity contribution in [3.8, 4) is 12.1 Å². The number of benzene rings is 2. The number of hydrogen-bond donors (Lipinski definition) is 1. The number of primary amides is 1. The Bertz CT molecular complexity index is 1020. The van der Waals surface area contributed by atoms with Crippen LogP contribution in [0.5, 0.6) is 0 Å². The summed E-state index contributed by atoms with van der Waals surface area (Å²) in [5.74, 6) is -1.22. The summed E-state index contributed by atoms with van der Waals surface area (Å²) < 4.78 is 0.877. The third-order valence-electron chi connectivity index (χ3n) is 5.46. The second-order valence-electron chi connectivity index (χ2n) is 6.76. The zero-order chi connectivity index (χ0) is 19.2. The number of carbonyl (C=O) groups excluding carboxylic acids is 1. The van der Waals surface area contributed by atoms with E-state index >= 15 is 0 Å². The molecule has 5 nitrogen and oxygen atoms in total. The summed E-state index contributed by atoms with van der Waals surface area (Å²) in [6.45, 7) is 0. The fourth-order valence-corrected chi connectivity index (χ4v) is 4.63. The van der Waals surface area contributed by atoms with Crippen LogP contribution in [0.15, 0.2) is 59.2 Å². The number of halogens is 1. The molecule has 0 spiro atoms. The maximum atomic E-state index is 12.5. The van der Waals surface area contributed by atoms with Crippen LogP contribution in [0.2, 0.25) is 0 Å². The number of carbonyl (C=O) groups is 1. The fraction of sp³-hybridized carbons (Fsp3) is 0.190. The zero-order valence-corrected chi connectivity index (χ0v) is 15.8. The predicted octanol–water partition coefficient (Wildman–Crippen LogP) is 3.46. The molecule has 3 atom stereocenters. The highest BCUT2D eigenvalue weighted by Gasteiger charge is 2.63. The SMILES string of the molecule is N#CC1(C#N)[C@H](c2ccc(Br)cc2)[C@H](C(N)=O)N2C=Cc3ccccc3[C@H]21. The molecule has 1 saturated heterocycles. The number of nitrogens with zero attached hydrogens (tertiary/aromatic N) is 3. The van der Waals surface area contributed by atoms with Crippen molar-refractivity contribution < 1.29 is 4.79 Å². The Balaban J connectivity index is 2.00. The van der Waals surface area contributed by atoms with Crippen LogP contribution >= 0.6 is 15.9 Å². The van der Waals surface area contributed by atoms with Crippen molar-refractivity contribution in [1.29, 1.82) is 10.5 Å². The molecule has 27 heavy (non-hydrogen) atoms. The normalized spacial score (nSPS) is 24.4. The lowest BCUT2D eigenvalue weighted by Crippen LogP contribution is -2.41. The molecule has 2 aromatic rings. The summed E-state index contributed by atoms with van der Waals surface area (Å²) in [5.41, 5.74) is 6.86. The van der Waals surface area contributed by atoms with E-state index in [4.69, 9.17) is 5.73 Å². The highest BCUT2D eigenvalue weighted by Crippen LogP contribution is 2.59. The summed E-state index contributed by atoms with van der Waals surface area (Å²) in [5, 5.41) is 20.4. The highest BCUT2D eigenvalue weighted by atomic mass is 79.9. The van der Waals surface area contributed by atoms with Gasteiger partial charge in [0.25, 0.3) is 0 Å². The van der Waals surface area contributed by atoms with Gasteiger partial charge in [0.15, 0.2) is 5.41 Å². The van der Waals surface area contributed by atoms with E-state index in [9.17, 15) is 15.3 Å². The molecular formula is C21H15BrN4O. The maximum absolute atomic E-state index is 12.5. The van der Waals surface area contributed by atoms with Gasteiger partial charge in [0.1, 0.15) is 6.04 Å². The van der Waals surface area contributed by atoms with Crippen molar-refractivity contribution in [3.63, 3.8) is 0 Å². The molecule has 0 aliphatic carbocycles. The van der Waals surface area contributed by atoms with Crippen LogP contribution in [0.3, 0.4) is 0 Å². The lowest BCUT2D eigenvalue weighted by Gasteiger charge is -2.34. The number of nitrogens with two attached hydrogens (primary N) is 1. The molecule has 6 heteroatoms. The first-order chi connectivity index (χ1) is 13.0. The van der Waals surface area contributed by atoms with Crippen molar-refractivity contribution in [2.75, 3.05) is 0 Å². The van der Waals surface area contributed by atoms with Crippen LogP contribution in [0.25, 0.3) is 6.08 Å². The van der Waals surface area contributed by atoms with Gasteiger partial charge in [-0.15, -0.1) is 0 Å². The average molecular weight is 419 g/mol. The molecule has 2 aromatic carbocycles. The summed E-state index contributed by atoms with van der Waals surface area (Å²) in [7, 11) is 0. The van der Waals surface area contributed by atoms with E-state index < -0.39 is 29.3 Å². The largest absolute Gasteiger partial charge is 0.368 e. The van der Waals surface area contributed by atoms with Crippen LogP contribution in [0.4, 0.5) is 0 Å². The van der Waals surface area contributed by atoms with E-state index in [1.165, 1.54) is 0 Å². The Labute approximate surface area is 165 Å². The summed E-state index contributed by atoms with van der Waals surface area (Å²) >= 11 is 3.40. The zero-order valence-electron chi connectivity index (χ0n) is 14.2. The van der Waals surface area contributed by atoms with Crippen molar-refractivity contribution in [3.05, 3.63) is 75.9 Å². The molecule has 4 rings (SSSR count). The molecule has 0 aromatic heterocycles. The van der Waals surface area contributed by atoms with Gasteiger partial charge in [-0.3, -0.25) is 4.79 Å². The third-order valence-corrected chi connectivity index (χ3v) is 5.99.